The molecule has 0 fully saturated rings. The van der Waals surface area contributed by atoms with E-state index in [0.717, 1.165) is 12.8 Å². The minimum atomic E-state index is 0.979. The van der Waals surface area contributed by atoms with E-state index in [9.17, 15) is 0 Å². The van der Waals surface area contributed by atoms with Crippen LogP contribution in [0.25, 0.3) is 0 Å². The smallest absolute Gasteiger partial charge is 0.0380 e. The van der Waals surface area contributed by atoms with Crippen molar-refractivity contribution in [3.63, 3.8) is 0 Å². The van der Waals surface area contributed by atoms with E-state index in [2.05, 4.69) is 51.7 Å². The molecule has 92 valence electrons. The summed E-state index contributed by atoms with van der Waals surface area (Å²) in [6.07, 6.45) is 10.4. The first-order valence-electron chi connectivity index (χ1n) is 6.13. The van der Waals surface area contributed by atoms with Gasteiger partial charge in [0.25, 0.3) is 0 Å². The van der Waals surface area contributed by atoms with Crippen molar-refractivity contribution in [2.75, 3.05) is 0 Å². The monoisotopic (exact) mass is 229 g/mol. The maximum absolute atomic E-state index is 3.73. The van der Waals surface area contributed by atoms with Crippen LogP contribution < -0.4 is 5.32 Å². The van der Waals surface area contributed by atoms with Crippen LogP contribution in [0.4, 0.5) is 0 Å². The Labute approximate surface area is 105 Å². The van der Waals surface area contributed by atoms with E-state index in [-0.39, 0.29) is 0 Å². The van der Waals surface area contributed by atoms with Crippen LogP contribution in [-0.2, 0) is 0 Å². The van der Waals surface area contributed by atoms with Crippen LogP contribution >= 0.6 is 0 Å². The maximum atomic E-state index is 3.73. The third-order valence-corrected chi connectivity index (χ3v) is 2.78. The second kappa shape index (κ2) is 6.29. The molecule has 0 unspecified atom stereocenters. The Morgan fingerprint density at radius 1 is 1.35 bits per heavy atom. The quantitative estimate of drug-likeness (QED) is 0.693. The van der Waals surface area contributed by atoms with Gasteiger partial charge in [-0.1, -0.05) is 36.0 Å². The summed E-state index contributed by atoms with van der Waals surface area (Å²) >= 11 is 0. The van der Waals surface area contributed by atoms with Gasteiger partial charge in [0.15, 0.2) is 0 Å². The Kier molecular flexibility index (Phi) is 5.02. The maximum Gasteiger partial charge on any atom is 0.0380 e. The number of hydrogen-bond donors (Lipinski definition) is 1. The van der Waals surface area contributed by atoms with Gasteiger partial charge >= 0.3 is 0 Å². The van der Waals surface area contributed by atoms with Crippen LogP contribution in [0.2, 0.25) is 0 Å². The highest BCUT2D eigenvalue weighted by Gasteiger charge is 2.12. The predicted octanol–water partition coefficient (Wildman–Crippen LogP) is 4.63. The van der Waals surface area contributed by atoms with E-state index in [0.29, 0.717) is 0 Å². The van der Waals surface area contributed by atoms with E-state index in [1.54, 1.807) is 0 Å². The first-order chi connectivity index (χ1) is 8.04. The summed E-state index contributed by atoms with van der Waals surface area (Å²) in [6, 6.07) is 0. The van der Waals surface area contributed by atoms with Crippen LogP contribution in [0.5, 0.6) is 0 Å². The van der Waals surface area contributed by atoms with Crippen molar-refractivity contribution in [1.29, 1.82) is 0 Å². The van der Waals surface area contributed by atoms with Gasteiger partial charge in [-0.2, -0.15) is 0 Å². The second-order valence-electron chi connectivity index (χ2n) is 4.84. The highest BCUT2D eigenvalue weighted by Crippen LogP contribution is 2.24. The second-order valence-corrected chi connectivity index (χ2v) is 4.84. The van der Waals surface area contributed by atoms with Crippen LogP contribution in [-0.4, -0.2) is 0 Å². The molecule has 0 aromatic heterocycles. The lowest BCUT2D eigenvalue weighted by Gasteiger charge is -2.11. The Balaban J connectivity index is 2.83. The molecule has 0 saturated heterocycles. The molecule has 1 aliphatic heterocycles. The summed E-state index contributed by atoms with van der Waals surface area (Å²) in [4.78, 5) is 0. The summed E-state index contributed by atoms with van der Waals surface area (Å²) in [5.41, 5.74) is 6.63. The SMILES string of the molecule is C=C/C=C1\CC=C(C(CC=C(C)C)=C(C)C)N1. The molecular weight excluding hydrogens is 206 g/mol. The third-order valence-electron chi connectivity index (χ3n) is 2.78. The van der Waals surface area contributed by atoms with Gasteiger partial charge in [0, 0.05) is 17.8 Å². The zero-order valence-electron chi connectivity index (χ0n) is 11.4. The Morgan fingerprint density at radius 2 is 2.06 bits per heavy atom. The van der Waals surface area contributed by atoms with Crippen LogP contribution in [0.1, 0.15) is 40.5 Å². The van der Waals surface area contributed by atoms with Gasteiger partial charge in [-0.3, -0.25) is 0 Å². The van der Waals surface area contributed by atoms with Crippen molar-refractivity contribution in [3.05, 3.63) is 59.0 Å². The minimum absolute atomic E-state index is 0.979. The molecule has 0 saturated carbocycles. The number of nitrogens with one attached hydrogen (secondary N) is 1. The van der Waals surface area contributed by atoms with Gasteiger partial charge < -0.3 is 5.32 Å². The zero-order valence-corrected chi connectivity index (χ0v) is 11.4. The normalized spacial score (nSPS) is 16.2. The Morgan fingerprint density at radius 3 is 2.59 bits per heavy atom. The molecule has 1 heteroatoms. The lowest BCUT2D eigenvalue weighted by atomic mass is 10.0. The molecule has 1 aliphatic rings. The molecule has 0 aliphatic carbocycles. The minimum Gasteiger partial charge on any atom is -0.359 e. The number of allylic oxidation sites excluding steroid dienone is 7. The van der Waals surface area contributed by atoms with Crippen LogP contribution in [0, 0.1) is 0 Å². The fraction of sp³-hybridized carbons (Fsp3) is 0.375. The van der Waals surface area contributed by atoms with Crippen molar-refractivity contribution >= 4 is 0 Å². The number of rotatable bonds is 4. The number of hydrogen-bond acceptors (Lipinski definition) is 1. The predicted molar refractivity (Wildman–Crippen MR) is 76.5 cm³/mol. The lowest BCUT2D eigenvalue weighted by molar-refractivity contribution is 0.976. The molecule has 1 rings (SSSR count). The van der Waals surface area contributed by atoms with Crippen LogP contribution in [0.15, 0.2) is 59.0 Å². The first kappa shape index (κ1) is 13.6. The van der Waals surface area contributed by atoms with Gasteiger partial charge in [-0.05, 0) is 45.8 Å². The molecule has 0 bridgehead atoms. The fourth-order valence-electron chi connectivity index (χ4n) is 1.83. The molecule has 0 radical (unpaired) electrons. The summed E-state index contributed by atoms with van der Waals surface area (Å²) in [7, 11) is 0. The van der Waals surface area contributed by atoms with Crippen molar-refractivity contribution in [3.8, 4) is 0 Å². The van der Waals surface area contributed by atoms with Crippen molar-refractivity contribution < 1.29 is 0 Å². The van der Waals surface area contributed by atoms with Crippen molar-refractivity contribution in [2.24, 2.45) is 0 Å². The Hall–Kier alpha value is -1.50. The van der Waals surface area contributed by atoms with E-state index in [1.165, 1.54) is 28.1 Å². The van der Waals surface area contributed by atoms with Crippen LogP contribution in [0.3, 0.4) is 0 Å². The van der Waals surface area contributed by atoms with Gasteiger partial charge in [0.2, 0.25) is 0 Å². The summed E-state index contributed by atoms with van der Waals surface area (Å²) in [5.74, 6) is 0. The molecule has 1 heterocycles. The van der Waals surface area contributed by atoms with Gasteiger partial charge in [0.1, 0.15) is 0 Å². The van der Waals surface area contributed by atoms with Gasteiger partial charge in [-0.15, -0.1) is 0 Å². The van der Waals surface area contributed by atoms with Gasteiger partial charge in [-0.25, -0.2) is 0 Å². The topological polar surface area (TPSA) is 12.0 Å². The first-order valence-corrected chi connectivity index (χ1v) is 6.13. The van der Waals surface area contributed by atoms with Crippen molar-refractivity contribution in [2.45, 2.75) is 40.5 Å². The van der Waals surface area contributed by atoms with E-state index in [1.807, 2.05) is 12.2 Å². The summed E-state index contributed by atoms with van der Waals surface area (Å²) in [6.45, 7) is 12.4. The summed E-state index contributed by atoms with van der Waals surface area (Å²) < 4.78 is 0. The molecule has 0 aromatic rings. The Bertz CT molecular complexity index is 409. The highest BCUT2D eigenvalue weighted by molar-refractivity contribution is 5.41. The molecule has 0 spiro atoms. The molecule has 0 atom stereocenters. The fourth-order valence-corrected chi connectivity index (χ4v) is 1.83. The molecule has 1 nitrogen and oxygen atoms in total. The molecule has 17 heavy (non-hydrogen) atoms. The highest BCUT2D eigenvalue weighted by atomic mass is 14.9. The van der Waals surface area contributed by atoms with Crippen molar-refractivity contribution in [1.82, 2.24) is 5.32 Å². The molecular formula is C16H23N. The lowest BCUT2D eigenvalue weighted by Crippen LogP contribution is -2.08. The summed E-state index contributed by atoms with van der Waals surface area (Å²) in [5, 5.41) is 3.46. The van der Waals surface area contributed by atoms with E-state index >= 15 is 0 Å². The van der Waals surface area contributed by atoms with Gasteiger partial charge in [0.05, 0.1) is 0 Å². The standard InChI is InChI=1S/C16H23N/c1-6-7-14-9-11-16(17-14)15(13(4)5)10-8-12(2)3/h6-8,11,17H,1,9-10H2,2-5H3/b14-7+. The van der Waals surface area contributed by atoms with E-state index in [4.69, 9.17) is 0 Å². The largest absolute Gasteiger partial charge is 0.359 e. The average molecular weight is 229 g/mol. The molecule has 1 N–H and O–H groups in total. The zero-order chi connectivity index (χ0) is 12.8. The third kappa shape index (κ3) is 4.10. The van der Waals surface area contributed by atoms with E-state index < -0.39 is 0 Å². The molecule has 0 amide bonds. The molecule has 0 aromatic carbocycles. The average Bonchev–Trinajstić information content (AvgIpc) is 2.66.